The Morgan fingerprint density at radius 2 is 2.42 bits per heavy atom. The molecule has 1 heterocycles. The van der Waals surface area contributed by atoms with E-state index in [4.69, 9.17) is 16.7 Å². The summed E-state index contributed by atoms with van der Waals surface area (Å²) >= 11 is 5.56. The third-order valence-corrected chi connectivity index (χ3v) is 1.87. The van der Waals surface area contributed by atoms with E-state index >= 15 is 0 Å². The van der Waals surface area contributed by atoms with Crippen molar-refractivity contribution in [1.29, 1.82) is 0 Å². The van der Waals surface area contributed by atoms with Gasteiger partial charge in [0.25, 0.3) is 0 Å². The summed E-state index contributed by atoms with van der Waals surface area (Å²) in [6.07, 6.45) is 1.56. The molecule has 0 bridgehead atoms. The van der Waals surface area contributed by atoms with Crippen LogP contribution in [0.2, 0.25) is 0 Å². The van der Waals surface area contributed by atoms with Crippen molar-refractivity contribution in [2.24, 2.45) is 0 Å². The van der Waals surface area contributed by atoms with E-state index in [1.165, 1.54) is 0 Å². The number of aromatic carboxylic acids is 1. The fraction of sp³-hybridized carbons (Fsp3) is 0.250. The summed E-state index contributed by atoms with van der Waals surface area (Å²) in [7, 11) is 0. The van der Waals surface area contributed by atoms with E-state index in [0.717, 1.165) is 0 Å². The van der Waals surface area contributed by atoms with E-state index in [0.29, 0.717) is 11.3 Å². The molecule has 1 aromatic rings. The highest BCUT2D eigenvalue weighted by Crippen LogP contribution is 2.13. The molecule has 64 valence electrons. The van der Waals surface area contributed by atoms with Gasteiger partial charge in [0.1, 0.15) is 0 Å². The van der Waals surface area contributed by atoms with Crippen molar-refractivity contribution in [3.8, 4) is 0 Å². The average Bonchev–Trinajstić information content (AvgIpc) is 2.03. The first-order valence-corrected chi connectivity index (χ1v) is 3.94. The molecule has 0 aliphatic heterocycles. The van der Waals surface area contributed by atoms with Crippen molar-refractivity contribution in [2.75, 3.05) is 0 Å². The van der Waals surface area contributed by atoms with Crippen molar-refractivity contribution in [1.82, 2.24) is 4.98 Å². The van der Waals surface area contributed by atoms with Crippen molar-refractivity contribution in [2.45, 2.75) is 12.8 Å². The van der Waals surface area contributed by atoms with E-state index in [9.17, 15) is 4.79 Å². The van der Waals surface area contributed by atoms with Gasteiger partial charge >= 0.3 is 5.97 Å². The van der Waals surface area contributed by atoms with Crippen LogP contribution in [0.4, 0.5) is 0 Å². The number of pyridine rings is 1. The summed E-state index contributed by atoms with van der Waals surface area (Å²) in [5.74, 6) is -0.776. The molecule has 12 heavy (non-hydrogen) atoms. The van der Waals surface area contributed by atoms with Crippen LogP contribution in [-0.4, -0.2) is 16.1 Å². The van der Waals surface area contributed by atoms with Gasteiger partial charge in [-0.05, 0) is 18.6 Å². The van der Waals surface area contributed by atoms with Gasteiger partial charge < -0.3 is 5.11 Å². The predicted molar refractivity (Wildman–Crippen MR) is 45.5 cm³/mol. The maximum absolute atomic E-state index is 10.7. The molecule has 0 amide bonds. The molecule has 0 atom stereocenters. The number of nitrogens with zero attached hydrogens (tertiary/aromatic N) is 1. The first-order valence-electron chi connectivity index (χ1n) is 3.40. The fourth-order valence-corrected chi connectivity index (χ4v) is 1.25. The molecule has 3 nitrogen and oxygen atoms in total. The minimum Gasteiger partial charge on any atom is -0.478 e. The van der Waals surface area contributed by atoms with Crippen LogP contribution in [0.15, 0.2) is 12.3 Å². The lowest BCUT2D eigenvalue weighted by Gasteiger charge is -2.03. The lowest BCUT2D eigenvalue weighted by Crippen LogP contribution is -2.05. The summed E-state index contributed by atoms with van der Waals surface area (Å²) in [5, 5.41) is 8.78. The predicted octanol–water partition coefficient (Wildman–Crippen LogP) is 1.83. The van der Waals surface area contributed by atoms with E-state index in [-0.39, 0.29) is 11.4 Å². The zero-order valence-electron chi connectivity index (χ0n) is 6.54. The van der Waals surface area contributed by atoms with Gasteiger partial charge in [-0.25, -0.2) is 4.79 Å². The van der Waals surface area contributed by atoms with E-state index < -0.39 is 5.97 Å². The molecule has 1 aromatic heterocycles. The van der Waals surface area contributed by atoms with Gasteiger partial charge in [0.2, 0.25) is 0 Å². The second kappa shape index (κ2) is 3.54. The van der Waals surface area contributed by atoms with Crippen LogP contribution in [0, 0.1) is 6.92 Å². The number of aryl methyl sites for hydroxylation is 1. The van der Waals surface area contributed by atoms with Crippen LogP contribution in [0.1, 0.15) is 21.6 Å². The monoisotopic (exact) mass is 185 g/mol. The molecule has 0 fully saturated rings. The van der Waals surface area contributed by atoms with Crippen LogP contribution in [0.25, 0.3) is 0 Å². The Bertz CT molecular complexity index is 312. The van der Waals surface area contributed by atoms with Gasteiger partial charge in [0.05, 0.1) is 11.3 Å². The summed E-state index contributed by atoms with van der Waals surface area (Å²) in [5.41, 5.74) is 1.32. The molecule has 0 aliphatic carbocycles. The van der Waals surface area contributed by atoms with E-state index in [1.54, 1.807) is 19.2 Å². The van der Waals surface area contributed by atoms with E-state index in [2.05, 4.69) is 4.98 Å². The molecule has 0 aromatic carbocycles. The minimum atomic E-state index is -0.976. The number of hydrogen-bond donors (Lipinski definition) is 1. The number of halogens is 1. The summed E-state index contributed by atoms with van der Waals surface area (Å²) in [6.45, 7) is 1.65. The second-order valence-corrected chi connectivity index (χ2v) is 2.64. The highest BCUT2D eigenvalue weighted by atomic mass is 35.5. The summed E-state index contributed by atoms with van der Waals surface area (Å²) in [6, 6.07) is 1.61. The number of aromatic nitrogens is 1. The van der Waals surface area contributed by atoms with Gasteiger partial charge in [-0.3, -0.25) is 4.98 Å². The normalized spacial score (nSPS) is 9.83. The molecule has 0 saturated carbocycles. The molecule has 1 N–H and O–H groups in total. The van der Waals surface area contributed by atoms with Gasteiger partial charge in [-0.1, -0.05) is 0 Å². The van der Waals surface area contributed by atoms with Crippen molar-refractivity contribution in [3.05, 3.63) is 29.1 Å². The Kier molecular flexibility index (Phi) is 2.65. The zero-order valence-corrected chi connectivity index (χ0v) is 7.30. The first-order chi connectivity index (χ1) is 5.66. The smallest absolute Gasteiger partial charge is 0.337 e. The molecular weight excluding hydrogens is 178 g/mol. The summed E-state index contributed by atoms with van der Waals surface area (Å²) in [4.78, 5) is 14.6. The van der Waals surface area contributed by atoms with Crippen LogP contribution in [0.5, 0.6) is 0 Å². The van der Waals surface area contributed by atoms with Crippen LogP contribution in [0.3, 0.4) is 0 Å². The van der Waals surface area contributed by atoms with Gasteiger partial charge in [0.15, 0.2) is 0 Å². The molecule has 0 aliphatic rings. The van der Waals surface area contributed by atoms with Gasteiger partial charge in [0, 0.05) is 12.1 Å². The van der Waals surface area contributed by atoms with Crippen molar-refractivity contribution >= 4 is 17.6 Å². The number of alkyl halides is 1. The molecule has 1 rings (SSSR count). The Morgan fingerprint density at radius 1 is 1.75 bits per heavy atom. The maximum Gasteiger partial charge on any atom is 0.337 e. The molecule has 4 heteroatoms. The first kappa shape index (κ1) is 9.00. The maximum atomic E-state index is 10.7. The molecular formula is C8H8ClNO2. The second-order valence-electron chi connectivity index (χ2n) is 2.37. The quantitative estimate of drug-likeness (QED) is 0.716. The standard InChI is InChI=1S/C8H8ClNO2/c1-5-7(8(11)12)6(4-9)2-3-10-5/h2-3H,4H2,1H3,(H,11,12). The Morgan fingerprint density at radius 3 is 2.83 bits per heavy atom. The number of rotatable bonds is 2. The van der Waals surface area contributed by atoms with Gasteiger partial charge in [-0.15, -0.1) is 11.6 Å². The molecule has 0 saturated heterocycles. The molecule has 0 spiro atoms. The Balaban J connectivity index is 3.29. The third-order valence-electron chi connectivity index (χ3n) is 1.58. The SMILES string of the molecule is Cc1nccc(CCl)c1C(=O)O. The molecule has 0 radical (unpaired) electrons. The Labute approximate surface area is 75.0 Å². The summed E-state index contributed by atoms with van der Waals surface area (Å²) < 4.78 is 0. The number of hydrogen-bond acceptors (Lipinski definition) is 2. The van der Waals surface area contributed by atoms with Crippen LogP contribution >= 0.6 is 11.6 Å². The average molecular weight is 186 g/mol. The van der Waals surface area contributed by atoms with Crippen molar-refractivity contribution in [3.63, 3.8) is 0 Å². The number of carboxylic acids is 1. The fourth-order valence-electron chi connectivity index (χ4n) is 1.02. The lowest BCUT2D eigenvalue weighted by molar-refractivity contribution is 0.0694. The topological polar surface area (TPSA) is 50.2 Å². The van der Waals surface area contributed by atoms with Crippen LogP contribution in [-0.2, 0) is 5.88 Å². The van der Waals surface area contributed by atoms with Gasteiger partial charge in [-0.2, -0.15) is 0 Å². The van der Waals surface area contributed by atoms with Crippen LogP contribution < -0.4 is 0 Å². The molecule has 0 unspecified atom stereocenters. The zero-order chi connectivity index (χ0) is 9.14. The highest BCUT2D eigenvalue weighted by Gasteiger charge is 2.12. The number of carboxylic acid groups (broad SMARTS) is 1. The highest BCUT2D eigenvalue weighted by molar-refractivity contribution is 6.17. The largest absolute Gasteiger partial charge is 0.478 e. The number of carbonyl (C=O) groups is 1. The lowest BCUT2D eigenvalue weighted by atomic mass is 10.1. The minimum absolute atomic E-state index is 0.199. The Hall–Kier alpha value is -1.09. The van der Waals surface area contributed by atoms with E-state index in [1.807, 2.05) is 0 Å². The third kappa shape index (κ3) is 1.56. The van der Waals surface area contributed by atoms with Crippen molar-refractivity contribution < 1.29 is 9.90 Å².